The summed E-state index contributed by atoms with van der Waals surface area (Å²) in [5.74, 6) is 2.19. The Hall–Kier alpha value is -1.22. The molecule has 1 rings (SSSR count). The number of methoxy groups -OCH3 is 1. The first-order valence-electron chi connectivity index (χ1n) is 6.87. The molecule has 3 heteroatoms. The molecule has 0 spiro atoms. The zero-order valence-electron chi connectivity index (χ0n) is 13.0. The Labute approximate surface area is 117 Å². The highest BCUT2D eigenvalue weighted by Gasteiger charge is 2.18. The molecule has 0 aliphatic carbocycles. The molecular formula is C16H27NO2. The predicted octanol–water partition coefficient (Wildman–Crippen LogP) is 3.49. The van der Waals surface area contributed by atoms with Gasteiger partial charge in [-0.2, -0.15) is 0 Å². The SMILES string of the molecule is COc1ccc(OC(CNC(C)(C)C)C(C)C)cc1. The minimum Gasteiger partial charge on any atom is -0.497 e. The van der Waals surface area contributed by atoms with Gasteiger partial charge < -0.3 is 14.8 Å². The second kappa shape index (κ2) is 6.80. The Morgan fingerprint density at radius 3 is 2.00 bits per heavy atom. The molecule has 108 valence electrons. The van der Waals surface area contributed by atoms with Crippen LogP contribution < -0.4 is 14.8 Å². The molecule has 1 aromatic rings. The first-order chi connectivity index (χ1) is 8.81. The lowest BCUT2D eigenvalue weighted by Gasteiger charge is -2.28. The molecule has 19 heavy (non-hydrogen) atoms. The molecule has 0 radical (unpaired) electrons. The van der Waals surface area contributed by atoms with Gasteiger partial charge in [-0.15, -0.1) is 0 Å². The van der Waals surface area contributed by atoms with Gasteiger partial charge in [0.05, 0.1) is 7.11 Å². The zero-order valence-corrected chi connectivity index (χ0v) is 13.0. The second-order valence-electron chi connectivity index (χ2n) is 6.21. The third-order valence-corrected chi connectivity index (χ3v) is 2.92. The van der Waals surface area contributed by atoms with Crippen LogP contribution in [0.5, 0.6) is 11.5 Å². The molecule has 0 aromatic heterocycles. The van der Waals surface area contributed by atoms with Crippen molar-refractivity contribution in [3.8, 4) is 11.5 Å². The van der Waals surface area contributed by atoms with E-state index in [4.69, 9.17) is 9.47 Å². The highest BCUT2D eigenvalue weighted by atomic mass is 16.5. The van der Waals surface area contributed by atoms with Gasteiger partial charge in [0.1, 0.15) is 17.6 Å². The van der Waals surface area contributed by atoms with E-state index in [0.29, 0.717) is 5.92 Å². The zero-order chi connectivity index (χ0) is 14.5. The molecule has 1 unspecified atom stereocenters. The Morgan fingerprint density at radius 1 is 1.05 bits per heavy atom. The number of hydrogen-bond acceptors (Lipinski definition) is 3. The second-order valence-corrected chi connectivity index (χ2v) is 6.21. The normalized spacial score (nSPS) is 13.4. The van der Waals surface area contributed by atoms with Crippen LogP contribution in [0.4, 0.5) is 0 Å². The van der Waals surface area contributed by atoms with Gasteiger partial charge in [-0.3, -0.25) is 0 Å². The van der Waals surface area contributed by atoms with E-state index in [-0.39, 0.29) is 11.6 Å². The van der Waals surface area contributed by atoms with E-state index in [1.807, 2.05) is 24.3 Å². The van der Waals surface area contributed by atoms with Crippen LogP contribution in [0.25, 0.3) is 0 Å². The topological polar surface area (TPSA) is 30.5 Å². The summed E-state index contributed by atoms with van der Waals surface area (Å²) < 4.78 is 11.2. The van der Waals surface area contributed by atoms with Gasteiger partial charge in [-0.25, -0.2) is 0 Å². The third-order valence-electron chi connectivity index (χ3n) is 2.92. The van der Waals surface area contributed by atoms with Gasteiger partial charge in [0.25, 0.3) is 0 Å². The van der Waals surface area contributed by atoms with Gasteiger partial charge >= 0.3 is 0 Å². The molecule has 3 nitrogen and oxygen atoms in total. The summed E-state index contributed by atoms with van der Waals surface area (Å²) in [4.78, 5) is 0. The average Bonchev–Trinajstić information content (AvgIpc) is 2.33. The Morgan fingerprint density at radius 2 is 1.58 bits per heavy atom. The van der Waals surface area contributed by atoms with Crippen molar-refractivity contribution in [2.75, 3.05) is 13.7 Å². The summed E-state index contributed by atoms with van der Waals surface area (Å²) in [5, 5.41) is 3.50. The van der Waals surface area contributed by atoms with Crippen LogP contribution >= 0.6 is 0 Å². The number of nitrogens with one attached hydrogen (secondary N) is 1. The molecule has 1 aromatic carbocycles. The predicted molar refractivity (Wildman–Crippen MR) is 80.0 cm³/mol. The third kappa shape index (κ3) is 5.97. The van der Waals surface area contributed by atoms with Gasteiger partial charge in [-0.1, -0.05) is 13.8 Å². The van der Waals surface area contributed by atoms with Crippen LogP contribution in [0, 0.1) is 5.92 Å². The van der Waals surface area contributed by atoms with Gasteiger partial charge in [0.2, 0.25) is 0 Å². The maximum Gasteiger partial charge on any atom is 0.120 e. The van der Waals surface area contributed by atoms with Crippen molar-refractivity contribution in [1.82, 2.24) is 5.32 Å². The number of hydrogen-bond donors (Lipinski definition) is 1. The lowest BCUT2D eigenvalue weighted by Crippen LogP contribution is -2.44. The van der Waals surface area contributed by atoms with E-state index >= 15 is 0 Å². The summed E-state index contributed by atoms with van der Waals surface area (Å²) in [7, 11) is 1.67. The quantitative estimate of drug-likeness (QED) is 0.854. The molecule has 0 bridgehead atoms. The average molecular weight is 265 g/mol. The molecule has 0 fully saturated rings. The monoisotopic (exact) mass is 265 g/mol. The first-order valence-corrected chi connectivity index (χ1v) is 6.87. The smallest absolute Gasteiger partial charge is 0.120 e. The fourth-order valence-corrected chi connectivity index (χ4v) is 1.65. The summed E-state index contributed by atoms with van der Waals surface area (Å²) in [6.07, 6.45) is 0.160. The van der Waals surface area contributed by atoms with Crippen molar-refractivity contribution < 1.29 is 9.47 Å². The fraction of sp³-hybridized carbons (Fsp3) is 0.625. The van der Waals surface area contributed by atoms with Crippen LogP contribution in [0.3, 0.4) is 0 Å². The van der Waals surface area contributed by atoms with Gasteiger partial charge in [0.15, 0.2) is 0 Å². The summed E-state index contributed by atoms with van der Waals surface area (Å²) >= 11 is 0. The van der Waals surface area contributed by atoms with Crippen molar-refractivity contribution in [1.29, 1.82) is 0 Å². The van der Waals surface area contributed by atoms with Crippen molar-refractivity contribution in [3.05, 3.63) is 24.3 Å². The number of ether oxygens (including phenoxy) is 2. The molecule has 0 saturated heterocycles. The summed E-state index contributed by atoms with van der Waals surface area (Å²) in [5.41, 5.74) is 0.108. The highest BCUT2D eigenvalue weighted by Crippen LogP contribution is 2.20. The molecule has 0 aliphatic rings. The molecule has 0 amide bonds. The summed E-state index contributed by atoms with van der Waals surface area (Å²) in [6.45, 7) is 11.7. The standard InChI is InChI=1S/C16H27NO2/c1-12(2)15(11-17-16(3,4)5)19-14-9-7-13(18-6)8-10-14/h7-10,12,15,17H,11H2,1-6H3. The molecule has 1 atom stereocenters. The van der Waals surface area contributed by atoms with E-state index in [9.17, 15) is 0 Å². The van der Waals surface area contributed by atoms with Crippen molar-refractivity contribution in [2.45, 2.75) is 46.3 Å². The van der Waals surface area contributed by atoms with Crippen molar-refractivity contribution in [3.63, 3.8) is 0 Å². The highest BCUT2D eigenvalue weighted by molar-refractivity contribution is 5.31. The molecular weight excluding hydrogens is 238 g/mol. The van der Waals surface area contributed by atoms with Crippen LogP contribution in [0.2, 0.25) is 0 Å². The molecule has 0 aliphatic heterocycles. The first kappa shape index (κ1) is 15.8. The maximum atomic E-state index is 6.05. The largest absolute Gasteiger partial charge is 0.497 e. The van der Waals surface area contributed by atoms with E-state index in [0.717, 1.165) is 18.0 Å². The summed E-state index contributed by atoms with van der Waals surface area (Å²) in [6, 6.07) is 7.74. The van der Waals surface area contributed by atoms with Crippen LogP contribution in [0.15, 0.2) is 24.3 Å². The molecule has 0 heterocycles. The van der Waals surface area contributed by atoms with E-state index in [1.54, 1.807) is 7.11 Å². The Bertz CT molecular complexity index is 365. The molecule has 0 saturated carbocycles. The van der Waals surface area contributed by atoms with E-state index < -0.39 is 0 Å². The van der Waals surface area contributed by atoms with Gasteiger partial charge in [-0.05, 0) is 51.0 Å². The molecule has 1 N–H and O–H groups in total. The fourth-order valence-electron chi connectivity index (χ4n) is 1.65. The lowest BCUT2D eigenvalue weighted by molar-refractivity contribution is 0.139. The van der Waals surface area contributed by atoms with E-state index in [1.165, 1.54) is 0 Å². The minimum atomic E-state index is 0.108. The minimum absolute atomic E-state index is 0.108. The van der Waals surface area contributed by atoms with Crippen molar-refractivity contribution >= 4 is 0 Å². The van der Waals surface area contributed by atoms with Crippen LogP contribution in [-0.2, 0) is 0 Å². The number of benzene rings is 1. The lowest BCUT2D eigenvalue weighted by atomic mass is 10.0. The van der Waals surface area contributed by atoms with Crippen LogP contribution in [0.1, 0.15) is 34.6 Å². The van der Waals surface area contributed by atoms with Gasteiger partial charge in [0, 0.05) is 12.1 Å². The van der Waals surface area contributed by atoms with Crippen molar-refractivity contribution in [2.24, 2.45) is 5.92 Å². The Balaban J connectivity index is 2.62. The maximum absolute atomic E-state index is 6.05. The number of rotatable bonds is 6. The van der Waals surface area contributed by atoms with E-state index in [2.05, 4.69) is 39.9 Å². The Kier molecular flexibility index (Phi) is 5.67. The van der Waals surface area contributed by atoms with Crippen LogP contribution in [-0.4, -0.2) is 25.3 Å².